The first kappa shape index (κ1) is 12.9. The van der Waals surface area contributed by atoms with Crippen molar-refractivity contribution in [3.05, 3.63) is 45.5 Å². The molecule has 16 heavy (non-hydrogen) atoms. The van der Waals surface area contributed by atoms with Crippen molar-refractivity contribution in [2.45, 2.75) is 13.8 Å². The van der Waals surface area contributed by atoms with E-state index in [0.717, 1.165) is 10.9 Å². The van der Waals surface area contributed by atoms with Gasteiger partial charge in [0.15, 0.2) is 0 Å². The van der Waals surface area contributed by atoms with Crippen LogP contribution in [0.4, 0.5) is 5.69 Å². The van der Waals surface area contributed by atoms with Crippen LogP contribution < -0.4 is 0 Å². The molecule has 0 amide bonds. The third kappa shape index (κ3) is 3.45. The highest BCUT2D eigenvalue weighted by atomic mass is 79.9. The van der Waals surface area contributed by atoms with E-state index in [-0.39, 0.29) is 10.6 Å². The lowest BCUT2D eigenvalue weighted by atomic mass is 10.0. The summed E-state index contributed by atoms with van der Waals surface area (Å²) in [6.45, 7) is 4.25. The lowest BCUT2D eigenvalue weighted by molar-refractivity contribution is -0.384. The van der Waals surface area contributed by atoms with Crippen molar-refractivity contribution in [1.29, 1.82) is 0 Å². The maximum absolute atomic E-state index is 10.5. The number of hydrogen-bond donors (Lipinski definition) is 0. The lowest BCUT2D eigenvalue weighted by Gasteiger charge is -2.07. The van der Waals surface area contributed by atoms with Gasteiger partial charge in [-0.1, -0.05) is 41.4 Å². The van der Waals surface area contributed by atoms with Crippen LogP contribution in [0, 0.1) is 16.0 Å². The molecule has 0 aliphatic rings. The molecule has 0 bridgehead atoms. The van der Waals surface area contributed by atoms with Gasteiger partial charge in [0.2, 0.25) is 0 Å². The first-order chi connectivity index (χ1) is 7.54. The van der Waals surface area contributed by atoms with Crippen LogP contribution in [-0.4, -0.2) is 10.3 Å². The highest BCUT2D eigenvalue weighted by Gasteiger charge is 2.04. The van der Waals surface area contributed by atoms with Gasteiger partial charge in [0.1, 0.15) is 0 Å². The molecule has 0 spiro atoms. The third-order valence-corrected chi connectivity index (χ3v) is 3.00. The van der Waals surface area contributed by atoms with Gasteiger partial charge in [-0.2, -0.15) is 0 Å². The van der Waals surface area contributed by atoms with Crippen molar-refractivity contribution in [1.82, 2.24) is 0 Å². The largest absolute Gasteiger partial charge is 0.269 e. The van der Waals surface area contributed by atoms with Crippen molar-refractivity contribution in [2.24, 2.45) is 5.92 Å². The second kappa shape index (κ2) is 5.80. The van der Waals surface area contributed by atoms with E-state index in [4.69, 9.17) is 0 Å². The second-order valence-electron chi connectivity index (χ2n) is 3.86. The van der Waals surface area contributed by atoms with E-state index >= 15 is 0 Å². The SMILES string of the molecule is CC(C)C(=Cc1ccc([N+](=O)[O-])cc1)CBr. The fourth-order valence-corrected chi connectivity index (χ4v) is 2.08. The van der Waals surface area contributed by atoms with Gasteiger partial charge in [0, 0.05) is 17.5 Å². The molecule has 0 saturated heterocycles. The number of hydrogen-bond acceptors (Lipinski definition) is 2. The summed E-state index contributed by atoms with van der Waals surface area (Å²) in [7, 11) is 0. The number of nitrogens with zero attached hydrogens (tertiary/aromatic N) is 1. The van der Waals surface area contributed by atoms with E-state index < -0.39 is 0 Å². The maximum atomic E-state index is 10.5. The molecule has 0 aromatic heterocycles. The van der Waals surface area contributed by atoms with E-state index in [1.807, 2.05) is 0 Å². The van der Waals surface area contributed by atoms with Gasteiger partial charge in [0.05, 0.1) is 4.92 Å². The molecular weight excluding hydrogens is 270 g/mol. The Hall–Kier alpha value is -1.16. The van der Waals surface area contributed by atoms with Crippen molar-refractivity contribution >= 4 is 27.7 Å². The molecule has 86 valence electrons. The zero-order valence-electron chi connectivity index (χ0n) is 9.31. The molecule has 0 aliphatic heterocycles. The van der Waals surface area contributed by atoms with E-state index in [0.29, 0.717) is 5.92 Å². The minimum absolute atomic E-state index is 0.127. The van der Waals surface area contributed by atoms with E-state index in [9.17, 15) is 10.1 Å². The zero-order valence-corrected chi connectivity index (χ0v) is 10.9. The first-order valence-electron chi connectivity index (χ1n) is 5.05. The van der Waals surface area contributed by atoms with Gasteiger partial charge in [0.25, 0.3) is 5.69 Å². The highest BCUT2D eigenvalue weighted by molar-refractivity contribution is 9.09. The minimum atomic E-state index is -0.388. The Morgan fingerprint density at radius 3 is 2.38 bits per heavy atom. The molecule has 0 aliphatic carbocycles. The van der Waals surface area contributed by atoms with Crippen LogP contribution >= 0.6 is 15.9 Å². The molecule has 4 heteroatoms. The molecule has 0 radical (unpaired) electrons. The molecule has 1 aromatic carbocycles. The summed E-state index contributed by atoms with van der Waals surface area (Å²) in [6.07, 6.45) is 2.06. The number of allylic oxidation sites excluding steroid dienone is 1. The summed E-state index contributed by atoms with van der Waals surface area (Å²) in [5.74, 6) is 0.467. The lowest BCUT2D eigenvalue weighted by Crippen LogP contribution is -1.95. The minimum Gasteiger partial charge on any atom is -0.258 e. The molecule has 0 N–H and O–H groups in total. The molecule has 3 nitrogen and oxygen atoms in total. The van der Waals surface area contributed by atoms with E-state index in [1.165, 1.54) is 17.7 Å². The van der Waals surface area contributed by atoms with Gasteiger partial charge in [-0.3, -0.25) is 10.1 Å². The van der Waals surface area contributed by atoms with Gasteiger partial charge < -0.3 is 0 Å². The summed E-state index contributed by atoms with van der Waals surface area (Å²) in [5.41, 5.74) is 2.39. The molecule has 0 atom stereocenters. The van der Waals surface area contributed by atoms with Crippen LogP contribution in [0.25, 0.3) is 6.08 Å². The van der Waals surface area contributed by atoms with E-state index in [1.54, 1.807) is 12.1 Å². The Bertz CT molecular complexity index is 396. The van der Waals surface area contributed by atoms with Crippen LogP contribution in [0.1, 0.15) is 19.4 Å². The number of alkyl halides is 1. The van der Waals surface area contributed by atoms with Crippen LogP contribution in [-0.2, 0) is 0 Å². The summed E-state index contributed by atoms with van der Waals surface area (Å²) in [4.78, 5) is 10.1. The standard InChI is InChI=1S/C12H14BrNO2/c1-9(2)11(8-13)7-10-3-5-12(6-4-10)14(15)16/h3-7,9H,8H2,1-2H3. The third-order valence-electron chi connectivity index (χ3n) is 2.35. The number of benzene rings is 1. The number of non-ortho nitro benzene ring substituents is 1. The molecule has 1 aromatic rings. The smallest absolute Gasteiger partial charge is 0.258 e. The normalized spacial score (nSPS) is 11.9. The van der Waals surface area contributed by atoms with Crippen LogP contribution in [0.2, 0.25) is 0 Å². The number of halogens is 1. The Kier molecular flexibility index (Phi) is 4.68. The van der Waals surface area contributed by atoms with Crippen molar-refractivity contribution in [3.63, 3.8) is 0 Å². The predicted molar refractivity (Wildman–Crippen MR) is 69.7 cm³/mol. The molecule has 0 unspecified atom stereocenters. The molecule has 0 saturated carbocycles. The van der Waals surface area contributed by atoms with Gasteiger partial charge in [-0.05, 0) is 23.6 Å². The number of nitro groups is 1. The average Bonchev–Trinajstić information content (AvgIpc) is 2.26. The monoisotopic (exact) mass is 283 g/mol. The number of rotatable bonds is 4. The predicted octanol–water partition coefficient (Wildman–Crippen LogP) is 4.03. The van der Waals surface area contributed by atoms with Crippen molar-refractivity contribution in [3.8, 4) is 0 Å². The molecular formula is C12H14BrNO2. The summed E-state index contributed by atoms with van der Waals surface area (Å²) in [5, 5.41) is 11.3. The fourth-order valence-electron chi connectivity index (χ4n) is 1.27. The Morgan fingerprint density at radius 2 is 2.00 bits per heavy atom. The summed E-state index contributed by atoms with van der Waals surface area (Å²) >= 11 is 3.44. The summed E-state index contributed by atoms with van der Waals surface area (Å²) in [6, 6.07) is 6.59. The van der Waals surface area contributed by atoms with Gasteiger partial charge in [-0.15, -0.1) is 0 Å². The van der Waals surface area contributed by atoms with E-state index in [2.05, 4.69) is 35.9 Å². The van der Waals surface area contributed by atoms with Crippen LogP contribution in [0.15, 0.2) is 29.8 Å². The maximum Gasteiger partial charge on any atom is 0.269 e. The van der Waals surface area contributed by atoms with Crippen molar-refractivity contribution in [2.75, 3.05) is 5.33 Å². The van der Waals surface area contributed by atoms with Gasteiger partial charge in [-0.25, -0.2) is 0 Å². The molecule has 1 rings (SSSR count). The summed E-state index contributed by atoms with van der Waals surface area (Å²) < 4.78 is 0. The Labute approximate surface area is 103 Å². The van der Waals surface area contributed by atoms with Gasteiger partial charge >= 0.3 is 0 Å². The molecule has 0 fully saturated rings. The number of nitro benzene ring substituents is 1. The highest BCUT2D eigenvalue weighted by Crippen LogP contribution is 2.19. The Morgan fingerprint density at radius 1 is 1.44 bits per heavy atom. The van der Waals surface area contributed by atoms with Crippen LogP contribution in [0.3, 0.4) is 0 Å². The quantitative estimate of drug-likeness (QED) is 0.476. The average molecular weight is 284 g/mol. The topological polar surface area (TPSA) is 43.1 Å². The van der Waals surface area contributed by atoms with Crippen LogP contribution in [0.5, 0.6) is 0 Å². The zero-order chi connectivity index (χ0) is 12.1. The fraction of sp³-hybridized carbons (Fsp3) is 0.333. The second-order valence-corrected chi connectivity index (χ2v) is 4.42. The Balaban J connectivity index is 2.94. The first-order valence-corrected chi connectivity index (χ1v) is 6.17. The van der Waals surface area contributed by atoms with Crippen molar-refractivity contribution < 1.29 is 4.92 Å². The molecule has 0 heterocycles.